The molecular formula is C14H24N2S. The Bertz CT molecular complexity index is 355. The molecule has 0 spiro atoms. The Labute approximate surface area is 109 Å². The number of thiazole rings is 1. The average Bonchev–Trinajstić information content (AvgIpc) is 3.06. The molecule has 17 heavy (non-hydrogen) atoms. The van der Waals surface area contributed by atoms with E-state index in [0.29, 0.717) is 6.04 Å². The van der Waals surface area contributed by atoms with Gasteiger partial charge in [-0.05, 0) is 32.6 Å². The number of aryl methyl sites for hydroxylation is 2. The summed E-state index contributed by atoms with van der Waals surface area (Å²) in [7, 11) is 0. The maximum Gasteiger partial charge on any atom is 0.110 e. The third-order valence-corrected chi connectivity index (χ3v) is 4.53. The number of hydrogen-bond acceptors (Lipinski definition) is 3. The molecule has 96 valence electrons. The summed E-state index contributed by atoms with van der Waals surface area (Å²) >= 11 is 1.89. The molecule has 1 N–H and O–H groups in total. The number of aromatic nitrogens is 1. The van der Waals surface area contributed by atoms with Crippen LogP contribution in [0.5, 0.6) is 0 Å². The molecule has 0 bridgehead atoms. The second-order valence-corrected chi connectivity index (χ2v) is 6.28. The van der Waals surface area contributed by atoms with Gasteiger partial charge in [-0.3, -0.25) is 0 Å². The van der Waals surface area contributed by atoms with Gasteiger partial charge >= 0.3 is 0 Å². The van der Waals surface area contributed by atoms with Gasteiger partial charge in [-0.2, -0.15) is 0 Å². The van der Waals surface area contributed by atoms with Crippen molar-refractivity contribution in [3.05, 3.63) is 15.6 Å². The summed E-state index contributed by atoms with van der Waals surface area (Å²) in [4.78, 5) is 6.22. The minimum atomic E-state index is 0.506. The van der Waals surface area contributed by atoms with E-state index >= 15 is 0 Å². The predicted octanol–water partition coefficient (Wildman–Crippen LogP) is 4.00. The first-order chi connectivity index (χ1) is 8.24. The van der Waals surface area contributed by atoms with Crippen molar-refractivity contribution in [1.29, 1.82) is 0 Å². The zero-order valence-electron chi connectivity index (χ0n) is 11.3. The average molecular weight is 252 g/mol. The zero-order valence-corrected chi connectivity index (χ0v) is 12.1. The van der Waals surface area contributed by atoms with Crippen molar-refractivity contribution >= 4 is 11.3 Å². The number of unbranched alkanes of at least 4 members (excludes halogenated alkanes) is 1. The Balaban J connectivity index is 2.05. The molecule has 3 heteroatoms. The van der Waals surface area contributed by atoms with Crippen molar-refractivity contribution < 1.29 is 0 Å². The van der Waals surface area contributed by atoms with Crippen molar-refractivity contribution in [1.82, 2.24) is 10.3 Å². The van der Waals surface area contributed by atoms with Crippen LogP contribution in [0.15, 0.2) is 0 Å². The molecule has 1 aromatic heterocycles. The Morgan fingerprint density at radius 1 is 1.41 bits per heavy atom. The first-order valence-corrected chi connectivity index (χ1v) is 7.78. The lowest BCUT2D eigenvalue weighted by Gasteiger charge is -2.15. The number of nitrogens with one attached hydrogen (secondary N) is 1. The largest absolute Gasteiger partial charge is 0.305 e. The Hall–Kier alpha value is -0.410. The van der Waals surface area contributed by atoms with Crippen LogP contribution in [0, 0.1) is 6.92 Å². The molecule has 0 aromatic carbocycles. The van der Waals surface area contributed by atoms with Crippen LogP contribution >= 0.6 is 11.3 Å². The maximum absolute atomic E-state index is 4.82. The van der Waals surface area contributed by atoms with Gasteiger partial charge in [0.05, 0.1) is 11.7 Å². The van der Waals surface area contributed by atoms with Crippen LogP contribution in [0.2, 0.25) is 0 Å². The highest BCUT2D eigenvalue weighted by Crippen LogP contribution is 2.30. The fourth-order valence-corrected chi connectivity index (χ4v) is 3.25. The van der Waals surface area contributed by atoms with Gasteiger partial charge in [0.1, 0.15) is 5.01 Å². The fourth-order valence-electron chi connectivity index (χ4n) is 2.15. The molecule has 1 aromatic rings. The second-order valence-electron chi connectivity index (χ2n) is 5.04. The smallest absolute Gasteiger partial charge is 0.110 e. The summed E-state index contributed by atoms with van der Waals surface area (Å²) in [5.41, 5.74) is 1.30. The van der Waals surface area contributed by atoms with E-state index < -0.39 is 0 Å². The van der Waals surface area contributed by atoms with Gasteiger partial charge in [-0.15, -0.1) is 11.3 Å². The quantitative estimate of drug-likeness (QED) is 0.793. The minimum Gasteiger partial charge on any atom is -0.305 e. The topological polar surface area (TPSA) is 24.9 Å². The molecule has 1 aliphatic rings. The second kappa shape index (κ2) is 5.96. The molecule has 1 atom stereocenters. The SMILES string of the molecule is CCCCC(NC1CC1)c1nc(CC)c(C)s1. The van der Waals surface area contributed by atoms with E-state index in [1.165, 1.54) is 47.7 Å². The van der Waals surface area contributed by atoms with Crippen LogP contribution in [0.25, 0.3) is 0 Å². The monoisotopic (exact) mass is 252 g/mol. The van der Waals surface area contributed by atoms with E-state index in [0.717, 1.165) is 12.5 Å². The molecule has 2 rings (SSSR count). The lowest BCUT2D eigenvalue weighted by molar-refractivity contribution is 0.476. The van der Waals surface area contributed by atoms with Gasteiger partial charge in [0.15, 0.2) is 0 Å². The molecule has 0 amide bonds. The van der Waals surface area contributed by atoms with Crippen LogP contribution in [0.3, 0.4) is 0 Å². The fraction of sp³-hybridized carbons (Fsp3) is 0.786. The van der Waals surface area contributed by atoms with Crippen molar-refractivity contribution in [2.45, 2.75) is 71.4 Å². The highest BCUT2D eigenvalue weighted by Gasteiger charge is 2.26. The Morgan fingerprint density at radius 3 is 2.71 bits per heavy atom. The zero-order chi connectivity index (χ0) is 12.3. The maximum atomic E-state index is 4.82. The van der Waals surface area contributed by atoms with E-state index in [2.05, 4.69) is 26.1 Å². The number of rotatable bonds is 7. The number of hydrogen-bond donors (Lipinski definition) is 1. The van der Waals surface area contributed by atoms with Crippen LogP contribution in [0.1, 0.15) is 67.6 Å². The van der Waals surface area contributed by atoms with Crippen LogP contribution in [-0.4, -0.2) is 11.0 Å². The van der Waals surface area contributed by atoms with Crippen LogP contribution < -0.4 is 5.32 Å². The van der Waals surface area contributed by atoms with Gasteiger partial charge in [-0.1, -0.05) is 26.7 Å². The van der Waals surface area contributed by atoms with E-state index in [-0.39, 0.29) is 0 Å². The summed E-state index contributed by atoms with van der Waals surface area (Å²) in [6, 6.07) is 1.28. The third kappa shape index (κ3) is 3.52. The molecule has 0 aliphatic heterocycles. The van der Waals surface area contributed by atoms with Crippen LogP contribution in [-0.2, 0) is 6.42 Å². The Morgan fingerprint density at radius 2 is 2.18 bits per heavy atom. The summed E-state index contributed by atoms with van der Waals surface area (Å²) in [5.74, 6) is 0. The normalized spacial score (nSPS) is 17.4. The van der Waals surface area contributed by atoms with Gasteiger partial charge in [0.2, 0.25) is 0 Å². The molecule has 1 heterocycles. The van der Waals surface area contributed by atoms with Gasteiger partial charge < -0.3 is 5.32 Å². The molecule has 0 radical (unpaired) electrons. The van der Waals surface area contributed by atoms with E-state index in [1.807, 2.05) is 11.3 Å². The van der Waals surface area contributed by atoms with E-state index in [9.17, 15) is 0 Å². The molecule has 1 unspecified atom stereocenters. The predicted molar refractivity (Wildman–Crippen MR) is 74.7 cm³/mol. The summed E-state index contributed by atoms with van der Waals surface area (Å²) in [6.07, 6.45) is 7.58. The van der Waals surface area contributed by atoms with Crippen molar-refractivity contribution in [3.8, 4) is 0 Å². The lowest BCUT2D eigenvalue weighted by atomic mass is 10.1. The van der Waals surface area contributed by atoms with E-state index in [4.69, 9.17) is 4.98 Å². The van der Waals surface area contributed by atoms with Crippen molar-refractivity contribution in [2.75, 3.05) is 0 Å². The molecule has 1 saturated carbocycles. The first-order valence-electron chi connectivity index (χ1n) is 6.96. The lowest BCUT2D eigenvalue weighted by Crippen LogP contribution is -2.23. The van der Waals surface area contributed by atoms with Crippen molar-refractivity contribution in [3.63, 3.8) is 0 Å². The highest BCUT2D eigenvalue weighted by atomic mass is 32.1. The molecule has 0 saturated heterocycles. The van der Waals surface area contributed by atoms with E-state index in [1.54, 1.807) is 0 Å². The summed E-state index contributed by atoms with van der Waals surface area (Å²) in [6.45, 7) is 6.66. The molecular weight excluding hydrogens is 228 g/mol. The molecule has 1 fully saturated rings. The van der Waals surface area contributed by atoms with Crippen molar-refractivity contribution in [2.24, 2.45) is 0 Å². The van der Waals surface area contributed by atoms with Gasteiger partial charge in [-0.25, -0.2) is 4.98 Å². The summed E-state index contributed by atoms with van der Waals surface area (Å²) < 4.78 is 0. The molecule has 2 nitrogen and oxygen atoms in total. The standard InChI is InChI=1S/C14H24N2S/c1-4-6-7-13(15-11-8-9-11)14-16-12(5-2)10(3)17-14/h11,13,15H,4-9H2,1-3H3. The number of nitrogens with zero attached hydrogens (tertiary/aromatic N) is 1. The molecule has 1 aliphatic carbocycles. The van der Waals surface area contributed by atoms with Crippen LogP contribution in [0.4, 0.5) is 0 Å². The van der Waals surface area contributed by atoms with Gasteiger partial charge in [0.25, 0.3) is 0 Å². The highest BCUT2D eigenvalue weighted by molar-refractivity contribution is 7.11. The Kier molecular flexibility index (Phi) is 4.57. The van der Waals surface area contributed by atoms with Gasteiger partial charge in [0, 0.05) is 10.9 Å². The summed E-state index contributed by atoms with van der Waals surface area (Å²) in [5, 5.41) is 5.07. The third-order valence-electron chi connectivity index (χ3n) is 3.40. The minimum absolute atomic E-state index is 0.506. The first kappa shape index (κ1) is 13.0.